The van der Waals surface area contributed by atoms with Crippen molar-refractivity contribution in [2.75, 3.05) is 0 Å². The Balaban J connectivity index is 2.08. The number of aromatic amines is 1. The number of H-pyrrole nitrogens is 1. The van der Waals surface area contributed by atoms with Crippen LogP contribution in [0.15, 0.2) is 12.1 Å². The van der Waals surface area contributed by atoms with Crippen LogP contribution in [-0.4, -0.2) is 23.2 Å². The van der Waals surface area contributed by atoms with E-state index in [1.807, 2.05) is 0 Å². The van der Waals surface area contributed by atoms with E-state index >= 15 is 0 Å². The average molecular weight is 258 g/mol. The minimum atomic E-state index is -4.55. The number of alkyl halides is 3. The van der Waals surface area contributed by atoms with E-state index in [1.165, 1.54) is 12.1 Å². The number of halogens is 3. The van der Waals surface area contributed by atoms with Crippen LogP contribution in [0.3, 0.4) is 0 Å². The van der Waals surface area contributed by atoms with Crippen LogP contribution in [0.2, 0.25) is 0 Å². The van der Waals surface area contributed by atoms with Crippen LogP contribution >= 0.6 is 0 Å². The van der Waals surface area contributed by atoms with E-state index in [0.29, 0.717) is 12.8 Å². The van der Waals surface area contributed by atoms with E-state index in [-0.39, 0.29) is 11.4 Å². The zero-order valence-electron chi connectivity index (χ0n) is 9.12. The number of nitriles is 1. The van der Waals surface area contributed by atoms with E-state index in [1.54, 1.807) is 6.07 Å². The highest BCUT2D eigenvalue weighted by Crippen LogP contribution is 2.42. The number of hydrogen-bond acceptors (Lipinski definition) is 3. The second kappa shape index (κ2) is 4.37. The normalized spacial score (nSPS) is 17.0. The Labute approximate surface area is 100 Å². The minimum absolute atomic E-state index is 0.0944. The maximum atomic E-state index is 12.6. The molecule has 1 fully saturated rings. The molecule has 7 heteroatoms. The van der Waals surface area contributed by atoms with Gasteiger partial charge in [0, 0.05) is 5.92 Å². The number of esters is 1. The monoisotopic (exact) mass is 258 g/mol. The third kappa shape index (κ3) is 2.64. The lowest BCUT2D eigenvalue weighted by atomic mass is 10.2. The molecule has 0 radical (unpaired) electrons. The molecular formula is C11H9F3N2O2. The molecule has 1 N–H and O–H groups in total. The van der Waals surface area contributed by atoms with Crippen LogP contribution in [0.4, 0.5) is 13.2 Å². The zero-order valence-corrected chi connectivity index (χ0v) is 9.12. The van der Waals surface area contributed by atoms with Crippen LogP contribution in [0.1, 0.15) is 29.0 Å². The summed E-state index contributed by atoms with van der Waals surface area (Å²) >= 11 is 0. The van der Waals surface area contributed by atoms with Gasteiger partial charge >= 0.3 is 12.1 Å². The number of rotatable bonds is 3. The van der Waals surface area contributed by atoms with Crippen molar-refractivity contribution in [1.82, 2.24) is 4.98 Å². The minimum Gasteiger partial charge on any atom is -0.448 e. The second-order valence-corrected chi connectivity index (χ2v) is 4.10. The van der Waals surface area contributed by atoms with Crippen molar-refractivity contribution in [3.8, 4) is 6.07 Å². The number of nitrogens with one attached hydrogen (secondary N) is 1. The lowest BCUT2D eigenvalue weighted by Gasteiger charge is -2.19. The van der Waals surface area contributed by atoms with E-state index in [2.05, 4.69) is 9.72 Å². The summed E-state index contributed by atoms with van der Waals surface area (Å²) in [6, 6.07) is 4.26. The summed E-state index contributed by atoms with van der Waals surface area (Å²) in [5.74, 6) is -1.73. The standard InChI is InChI=1S/C11H9F3N2O2/c12-11(13,14)9(6-1-2-6)18-10(17)8-4-3-7(5-15)16-8/h3-4,6,9,16H,1-2H2. The Morgan fingerprint density at radius 1 is 1.50 bits per heavy atom. The van der Waals surface area contributed by atoms with Gasteiger partial charge in [-0.3, -0.25) is 0 Å². The van der Waals surface area contributed by atoms with Crippen LogP contribution in [0.5, 0.6) is 0 Å². The first kappa shape index (κ1) is 12.5. The van der Waals surface area contributed by atoms with Crippen molar-refractivity contribution >= 4 is 5.97 Å². The van der Waals surface area contributed by atoms with Gasteiger partial charge in [0.25, 0.3) is 0 Å². The highest BCUT2D eigenvalue weighted by Gasteiger charge is 2.51. The Morgan fingerprint density at radius 3 is 2.61 bits per heavy atom. The number of carbonyl (C=O) groups is 1. The summed E-state index contributed by atoms with van der Waals surface area (Å²) in [7, 11) is 0. The van der Waals surface area contributed by atoms with Gasteiger partial charge in [-0.15, -0.1) is 0 Å². The first-order chi connectivity index (χ1) is 8.41. The maximum absolute atomic E-state index is 12.6. The molecule has 1 aliphatic rings. The Kier molecular flexibility index (Phi) is 3.03. The molecule has 1 unspecified atom stereocenters. The Bertz CT molecular complexity index is 497. The van der Waals surface area contributed by atoms with Gasteiger partial charge in [0.15, 0.2) is 6.10 Å². The molecule has 4 nitrogen and oxygen atoms in total. The van der Waals surface area contributed by atoms with Crippen LogP contribution in [0, 0.1) is 17.2 Å². The molecule has 1 aromatic heterocycles. The number of nitrogens with zero attached hydrogens (tertiary/aromatic N) is 1. The molecule has 0 aliphatic heterocycles. The Morgan fingerprint density at radius 2 is 2.17 bits per heavy atom. The summed E-state index contributed by atoms with van der Waals surface area (Å²) in [5, 5.41) is 8.53. The molecule has 0 bridgehead atoms. The summed E-state index contributed by atoms with van der Waals surface area (Å²) in [4.78, 5) is 13.9. The smallest absolute Gasteiger partial charge is 0.425 e. The van der Waals surface area contributed by atoms with Gasteiger partial charge in [-0.25, -0.2) is 4.79 Å². The summed E-state index contributed by atoms with van der Waals surface area (Å²) in [6.45, 7) is 0. The van der Waals surface area contributed by atoms with E-state index in [9.17, 15) is 18.0 Å². The largest absolute Gasteiger partial charge is 0.448 e. The molecule has 1 aromatic rings. The number of carbonyl (C=O) groups excluding carboxylic acids is 1. The van der Waals surface area contributed by atoms with Gasteiger partial charge < -0.3 is 9.72 Å². The van der Waals surface area contributed by atoms with Crippen molar-refractivity contribution in [1.29, 1.82) is 5.26 Å². The molecule has 1 heterocycles. The van der Waals surface area contributed by atoms with Crippen molar-refractivity contribution in [2.24, 2.45) is 5.92 Å². The predicted molar refractivity (Wildman–Crippen MR) is 53.5 cm³/mol. The molecule has 1 atom stereocenters. The SMILES string of the molecule is N#Cc1ccc(C(=O)OC(C2CC2)C(F)(F)F)[nH]1. The van der Waals surface area contributed by atoms with E-state index in [4.69, 9.17) is 5.26 Å². The topological polar surface area (TPSA) is 65.9 Å². The molecule has 0 amide bonds. The van der Waals surface area contributed by atoms with Gasteiger partial charge in [-0.05, 0) is 25.0 Å². The number of aromatic nitrogens is 1. The first-order valence-electron chi connectivity index (χ1n) is 5.28. The van der Waals surface area contributed by atoms with E-state index < -0.39 is 24.2 Å². The van der Waals surface area contributed by atoms with Gasteiger partial charge in [-0.2, -0.15) is 18.4 Å². The van der Waals surface area contributed by atoms with Crippen molar-refractivity contribution in [2.45, 2.75) is 25.1 Å². The van der Waals surface area contributed by atoms with Crippen LogP contribution < -0.4 is 0 Å². The fourth-order valence-corrected chi connectivity index (χ4v) is 1.59. The first-order valence-corrected chi connectivity index (χ1v) is 5.28. The second-order valence-electron chi connectivity index (χ2n) is 4.10. The quantitative estimate of drug-likeness (QED) is 0.846. The molecule has 1 aliphatic carbocycles. The van der Waals surface area contributed by atoms with Crippen LogP contribution in [-0.2, 0) is 4.74 Å². The van der Waals surface area contributed by atoms with Crippen LogP contribution in [0.25, 0.3) is 0 Å². The molecule has 1 saturated carbocycles. The maximum Gasteiger partial charge on any atom is 0.425 e. The molecular weight excluding hydrogens is 249 g/mol. The third-order valence-corrected chi connectivity index (χ3v) is 2.63. The molecule has 2 rings (SSSR count). The van der Waals surface area contributed by atoms with Crippen molar-refractivity contribution in [3.05, 3.63) is 23.5 Å². The number of hydrogen-bond donors (Lipinski definition) is 1. The average Bonchev–Trinajstić information content (AvgIpc) is 3.00. The van der Waals surface area contributed by atoms with Gasteiger partial charge in [0.2, 0.25) is 0 Å². The third-order valence-electron chi connectivity index (χ3n) is 2.63. The fraction of sp³-hybridized carbons (Fsp3) is 0.455. The van der Waals surface area contributed by atoms with E-state index in [0.717, 1.165) is 0 Å². The fourth-order valence-electron chi connectivity index (χ4n) is 1.59. The lowest BCUT2D eigenvalue weighted by molar-refractivity contribution is -0.210. The molecule has 96 valence electrons. The molecule has 0 spiro atoms. The summed E-state index contributed by atoms with van der Waals surface area (Å²) in [5.41, 5.74) is -0.0571. The predicted octanol–water partition coefficient (Wildman–Crippen LogP) is 2.38. The highest BCUT2D eigenvalue weighted by atomic mass is 19.4. The zero-order chi connectivity index (χ0) is 13.3. The molecule has 18 heavy (non-hydrogen) atoms. The van der Waals surface area contributed by atoms with Gasteiger partial charge in [0.1, 0.15) is 17.5 Å². The summed E-state index contributed by atoms with van der Waals surface area (Å²) < 4.78 is 42.3. The summed E-state index contributed by atoms with van der Waals surface area (Å²) in [6.07, 6.45) is -5.79. The molecule has 0 saturated heterocycles. The van der Waals surface area contributed by atoms with Crippen molar-refractivity contribution < 1.29 is 22.7 Å². The highest BCUT2D eigenvalue weighted by molar-refractivity contribution is 5.87. The van der Waals surface area contributed by atoms with Gasteiger partial charge in [0.05, 0.1) is 0 Å². The van der Waals surface area contributed by atoms with Gasteiger partial charge in [-0.1, -0.05) is 0 Å². The lowest BCUT2D eigenvalue weighted by Crippen LogP contribution is -2.35. The Hall–Kier alpha value is -1.97. The number of ether oxygens (including phenoxy) is 1. The molecule has 0 aromatic carbocycles. The van der Waals surface area contributed by atoms with Crippen molar-refractivity contribution in [3.63, 3.8) is 0 Å².